The lowest BCUT2D eigenvalue weighted by Crippen LogP contribution is -2.49. The highest BCUT2D eigenvalue weighted by Gasteiger charge is 2.58. The summed E-state index contributed by atoms with van der Waals surface area (Å²) in [6.45, 7) is 2.12. The van der Waals surface area contributed by atoms with Gasteiger partial charge in [-0.1, -0.05) is 31.1 Å². The molecule has 0 aliphatic heterocycles. The third-order valence-corrected chi connectivity index (χ3v) is 7.03. The second kappa shape index (κ2) is 5.28. The molecule has 124 valence electrons. The Bertz CT molecular complexity index is 762. The molecule has 4 rings (SSSR count). The summed E-state index contributed by atoms with van der Waals surface area (Å²) in [6.07, 6.45) is 14.8. The van der Waals surface area contributed by atoms with Gasteiger partial charge in [0.1, 0.15) is 12.0 Å². The number of ketones is 2. The Balaban J connectivity index is 1.80. The fourth-order valence-electron chi connectivity index (χ4n) is 5.73. The van der Waals surface area contributed by atoms with Crippen molar-refractivity contribution in [3.63, 3.8) is 0 Å². The molecule has 0 N–H and O–H groups in total. The maximum Gasteiger partial charge on any atom is 0.178 e. The Hall–Kier alpha value is -1.95. The summed E-state index contributed by atoms with van der Waals surface area (Å²) in [7, 11) is 0. The third kappa shape index (κ3) is 1.95. The first-order valence-corrected chi connectivity index (χ1v) is 8.77. The fourth-order valence-corrected chi connectivity index (χ4v) is 5.73. The van der Waals surface area contributed by atoms with E-state index in [1.807, 2.05) is 12.2 Å². The first kappa shape index (κ1) is 15.6. The van der Waals surface area contributed by atoms with Crippen molar-refractivity contribution in [3.05, 3.63) is 36.0 Å². The van der Waals surface area contributed by atoms with Gasteiger partial charge in [-0.15, -0.1) is 4.39 Å². The van der Waals surface area contributed by atoms with Crippen molar-refractivity contribution in [1.82, 2.24) is 0 Å². The predicted molar refractivity (Wildman–Crippen MR) is 89.4 cm³/mol. The molecule has 0 unspecified atom stereocenters. The maximum absolute atomic E-state index is 12.6. The van der Waals surface area contributed by atoms with Crippen LogP contribution < -0.4 is 0 Å². The van der Waals surface area contributed by atoms with E-state index in [9.17, 15) is 14.0 Å². The Morgan fingerprint density at radius 2 is 2.08 bits per heavy atom. The van der Waals surface area contributed by atoms with Crippen molar-refractivity contribution in [3.8, 4) is 12.1 Å². The van der Waals surface area contributed by atoms with Gasteiger partial charge in [0.05, 0.1) is 0 Å². The zero-order valence-electron chi connectivity index (χ0n) is 13.8. The van der Waals surface area contributed by atoms with Crippen LogP contribution in [0.2, 0.25) is 0 Å². The lowest BCUT2D eigenvalue weighted by Gasteiger charge is -2.53. The fraction of sp³-hybridized carbons (Fsp3) is 0.524. The van der Waals surface area contributed by atoms with E-state index in [0.29, 0.717) is 30.5 Å². The summed E-state index contributed by atoms with van der Waals surface area (Å²) in [4.78, 5) is 24.2. The van der Waals surface area contributed by atoms with Crippen LogP contribution in [-0.4, -0.2) is 11.6 Å². The molecular weight excluding hydrogens is 303 g/mol. The molecule has 0 bridgehead atoms. The quantitative estimate of drug-likeness (QED) is 0.685. The second-order valence-electron chi connectivity index (χ2n) is 7.89. The van der Waals surface area contributed by atoms with Crippen LogP contribution in [0, 0.1) is 40.7 Å². The zero-order chi connectivity index (χ0) is 16.9. The van der Waals surface area contributed by atoms with Gasteiger partial charge >= 0.3 is 0 Å². The minimum Gasteiger partial charge on any atom is -0.299 e. The summed E-state index contributed by atoms with van der Waals surface area (Å²) in [5.41, 5.74) is 0.347. The molecule has 2 fully saturated rings. The Kier molecular flexibility index (Phi) is 3.42. The molecule has 0 radical (unpaired) electrons. The molecule has 0 amide bonds. The highest BCUT2D eigenvalue weighted by Crippen LogP contribution is 2.62. The van der Waals surface area contributed by atoms with Crippen LogP contribution in [0.3, 0.4) is 0 Å². The van der Waals surface area contributed by atoms with E-state index in [-0.39, 0.29) is 22.5 Å². The van der Waals surface area contributed by atoms with Crippen LogP contribution in [0.1, 0.15) is 39.0 Å². The van der Waals surface area contributed by atoms with Gasteiger partial charge in [-0.05, 0) is 54.7 Å². The van der Waals surface area contributed by atoms with Crippen molar-refractivity contribution in [1.29, 1.82) is 0 Å². The molecule has 0 spiro atoms. The molecule has 2 nitrogen and oxygen atoms in total. The van der Waals surface area contributed by atoms with E-state index >= 15 is 0 Å². The van der Waals surface area contributed by atoms with Crippen molar-refractivity contribution in [2.45, 2.75) is 39.0 Å². The van der Waals surface area contributed by atoms with E-state index in [1.165, 1.54) is 6.17 Å². The molecule has 0 saturated heterocycles. The van der Waals surface area contributed by atoms with Crippen LogP contribution in [-0.2, 0) is 9.59 Å². The van der Waals surface area contributed by atoms with E-state index in [1.54, 1.807) is 12.2 Å². The van der Waals surface area contributed by atoms with Crippen molar-refractivity contribution in [2.75, 3.05) is 0 Å². The number of Topliss-reactive ketones (excluding diaryl/α,β-unsaturated/α-hetero) is 1. The number of fused-ring (bicyclic) bond motifs is 5. The normalized spacial score (nSPS) is 42.6. The summed E-state index contributed by atoms with van der Waals surface area (Å²) in [5.74, 6) is 3.92. The predicted octanol–water partition coefficient (Wildman–Crippen LogP) is 3.94. The first-order chi connectivity index (χ1) is 11.5. The molecule has 2 saturated carbocycles. The summed E-state index contributed by atoms with van der Waals surface area (Å²) in [5, 5.41) is 0. The topological polar surface area (TPSA) is 34.1 Å². The zero-order valence-corrected chi connectivity index (χ0v) is 13.8. The average molecular weight is 324 g/mol. The van der Waals surface area contributed by atoms with E-state index in [2.05, 4.69) is 18.9 Å². The molecule has 4 aliphatic carbocycles. The summed E-state index contributed by atoms with van der Waals surface area (Å²) < 4.78 is 12.6. The first-order valence-electron chi connectivity index (χ1n) is 8.77. The van der Waals surface area contributed by atoms with Crippen LogP contribution in [0.5, 0.6) is 0 Å². The van der Waals surface area contributed by atoms with Crippen molar-refractivity contribution in [2.24, 2.45) is 28.6 Å². The average Bonchev–Trinajstić information content (AvgIpc) is 2.88. The monoisotopic (exact) mass is 324 g/mol. The van der Waals surface area contributed by atoms with Crippen LogP contribution >= 0.6 is 0 Å². The lowest BCUT2D eigenvalue weighted by molar-refractivity contribution is -0.130. The van der Waals surface area contributed by atoms with Crippen LogP contribution in [0.15, 0.2) is 36.0 Å². The minimum absolute atomic E-state index is 0.0198. The molecule has 3 heteroatoms. The molecule has 0 aromatic rings. The van der Waals surface area contributed by atoms with Gasteiger partial charge in [-0.25, -0.2) is 0 Å². The lowest BCUT2D eigenvalue weighted by atomic mass is 9.49. The minimum atomic E-state index is -0.389. The van der Waals surface area contributed by atoms with E-state index in [4.69, 9.17) is 0 Å². The number of halogens is 1. The Morgan fingerprint density at radius 3 is 2.88 bits per heavy atom. The molecular formula is C21H21FO2. The molecule has 24 heavy (non-hydrogen) atoms. The van der Waals surface area contributed by atoms with E-state index < -0.39 is 0 Å². The molecule has 0 aromatic carbocycles. The van der Waals surface area contributed by atoms with Gasteiger partial charge in [0.25, 0.3) is 0 Å². The van der Waals surface area contributed by atoms with Crippen LogP contribution in [0.25, 0.3) is 0 Å². The molecule has 5 atom stereocenters. The number of allylic oxidation sites excluding steroid dienone is 6. The highest BCUT2D eigenvalue weighted by atomic mass is 19.1. The number of carbonyl (C=O) groups excluding carboxylic acids is 2. The summed E-state index contributed by atoms with van der Waals surface area (Å²) in [6, 6.07) is 0. The SMILES string of the molecule is C[C@]12CC[C@H]3[C@@H](C=CC4=CC(=O)C=C[C@@]43CC#CF)[C@@H]1CCC2=O. The Labute approximate surface area is 141 Å². The summed E-state index contributed by atoms with van der Waals surface area (Å²) >= 11 is 0. The van der Waals surface area contributed by atoms with Gasteiger partial charge in [0.2, 0.25) is 0 Å². The molecule has 0 aromatic heterocycles. The largest absolute Gasteiger partial charge is 0.299 e. The highest BCUT2D eigenvalue weighted by molar-refractivity contribution is 6.01. The van der Waals surface area contributed by atoms with E-state index in [0.717, 1.165) is 24.8 Å². The Morgan fingerprint density at radius 1 is 1.25 bits per heavy atom. The van der Waals surface area contributed by atoms with Crippen LogP contribution in [0.4, 0.5) is 4.39 Å². The van der Waals surface area contributed by atoms with Gasteiger partial charge in [0, 0.05) is 23.7 Å². The molecule has 4 aliphatic rings. The molecule has 0 heterocycles. The van der Waals surface area contributed by atoms with Gasteiger partial charge in [0.15, 0.2) is 5.78 Å². The van der Waals surface area contributed by atoms with Gasteiger partial charge in [-0.2, -0.15) is 0 Å². The number of hydrogen-bond donors (Lipinski definition) is 0. The van der Waals surface area contributed by atoms with Gasteiger partial charge < -0.3 is 0 Å². The number of hydrogen-bond acceptors (Lipinski definition) is 2. The third-order valence-electron chi connectivity index (χ3n) is 7.03. The number of carbonyl (C=O) groups is 2. The standard InChI is InChI=1S/C21H21FO2/c1-20-10-8-18-16(17(20)5-6-19(20)24)4-3-14-13-15(23)7-11-21(14,18)9-2-12-22/h3-4,7,11,13,16-18H,5-6,8-10H2,1H3/t16-,17-,18-,20-,21-/m0/s1. The van der Waals surface area contributed by atoms with Gasteiger partial charge in [-0.3, -0.25) is 9.59 Å². The number of rotatable bonds is 1. The maximum atomic E-state index is 12.6. The van der Waals surface area contributed by atoms with Crippen molar-refractivity contribution < 1.29 is 14.0 Å². The smallest absolute Gasteiger partial charge is 0.178 e. The van der Waals surface area contributed by atoms with Crippen molar-refractivity contribution >= 4 is 11.6 Å². The second-order valence-corrected chi connectivity index (χ2v) is 7.89.